The van der Waals surface area contributed by atoms with Crippen molar-refractivity contribution in [3.8, 4) is 11.5 Å². The molecule has 1 aromatic heterocycles. The lowest BCUT2D eigenvalue weighted by Crippen LogP contribution is -2.34. The van der Waals surface area contributed by atoms with E-state index in [4.69, 9.17) is 21.7 Å². The predicted molar refractivity (Wildman–Crippen MR) is 111 cm³/mol. The minimum atomic E-state index is -0.392. The van der Waals surface area contributed by atoms with Gasteiger partial charge in [0, 0.05) is 17.3 Å². The molecule has 0 atom stereocenters. The first-order chi connectivity index (χ1) is 13.5. The Labute approximate surface area is 166 Å². The highest BCUT2D eigenvalue weighted by molar-refractivity contribution is 7.80. The van der Waals surface area contributed by atoms with Crippen LogP contribution in [0.2, 0.25) is 0 Å². The molecule has 0 aliphatic heterocycles. The van der Waals surface area contributed by atoms with Crippen LogP contribution in [0.1, 0.15) is 24.2 Å². The van der Waals surface area contributed by atoms with E-state index in [0.29, 0.717) is 47.0 Å². The number of aromatic nitrogens is 2. The number of imidazole rings is 1. The van der Waals surface area contributed by atoms with Gasteiger partial charge in [-0.15, -0.1) is 0 Å². The summed E-state index contributed by atoms with van der Waals surface area (Å²) in [6, 6.07) is 10.2. The number of anilines is 1. The molecule has 9 heteroatoms. The van der Waals surface area contributed by atoms with Gasteiger partial charge in [-0.25, -0.2) is 4.79 Å². The largest absolute Gasteiger partial charge is 0.494 e. The predicted octanol–water partition coefficient (Wildman–Crippen LogP) is 2.78. The summed E-state index contributed by atoms with van der Waals surface area (Å²) in [7, 11) is 0. The Morgan fingerprint density at radius 3 is 2.29 bits per heavy atom. The van der Waals surface area contributed by atoms with Gasteiger partial charge >= 0.3 is 5.69 Å². The number of thiocarbonyl (C=S) groups is 1. The summed E-state index contributed by atoms with van der Waals surface area (Å²) in [5.41, 5.74) is 2.02. The fourth-order valence-corrected chi connectivity index (χ4v) is 2.86. The molecule has 0 aliphatic carbocycles. The maximum Gasteiger partial charge on any atom is 0.323 e. The van der Waals surface area contributed by atoms with Crippen molar-refractivity contribution in [1.29, 1.82) is 0 Å². The van der Waals surface area contributed by atoms with E-state index >= 15 is 0 Å². The summed E-state index contributed by atoms with van der Waals surface area (Å²) >= 11 is 5.22. The number of rotatable bonds is 6. The second-order valence-corrected chi connectivity index (χ2v) is 6.22. The van der Waals surface area contributed by atoms with Crippen LogP contribution in [0, 0.1) is 0 Å². The lowest BCUT2D eigenvalue weighted by Gasteiger charge is -2.12. The van der Waals surface area contributed by atoms with E-state index in [2.05, 4.69) is 20.6 Å². The van der Waals surface area contributed by atoms with E-state index in [9.17, 15) is 9.59 Å². The fourth-order valence-electron chi connectivity index (χ4n) is 2.65. The van der Waals surface area contributed by atoms with Crippen molar-refractivity contribution in [2.45, 2.75) is 13.8 Å². The van der Waals surface area contributed by atoms with Crippen LogP contribution >= 0.6 is 12.2 Å². The Morgan fingerprint density at radius 2 is 1.64 bits per heavy atom. The van der Waals surface area contributed by atoms with Crippen molar-refractivity contribution < 1.29 is 14.3 Å². The molecule has 0 unspecified atom stereocenters. The molecule has 3 rings (SSSR count). The number of ether oxygens (including phenoxy) is 2. The molecule has 0 bridgehead atoms. The van der Waals surface area contributed by atoms with Gasteiger partial charge in [0.25, 0.3) is 5.91 Å². The Kier molecular flexibility index (Phi) is 5.95. The van der Waals surface area contributed by atoms with Gasteiger partial charge in [-0.1, -0.05) is 0 Å². The Morgan fingerprint density at radius 1 is 1.00 bits per heavy atom. The fraction of sp³-hybridized carbons (Fsp3) is 0.211. The number of fused-ring (bicyclic) bond motifs is 1. The molecule has 4 N–H and O–H groups in total. The molecular formula is C19H20N4O4S. The van der Waals surface area contributed by atoms with Crippen molar-refractivity contribution in [2.24, 2.45) is 0 Å². The third-order valence-corrected chi connectivity index (χ3v) is 3.97. The van der Waals surface area contributed by atoms with Crippen LogP contribution in [0.3, 0.4) is 0 Å². The van der Waals surface area contributed by atoms with Crippen molar-refractivity contribution in [3.05, 3.63) is 52.4 Å². The van der Waals surface area contributed by atoms with Gasteiger partial charge in [0.1, 0.15) is 11.5 Å². The molecular weight excluding hydrogens is 380 g/mol. The monoisotopic (exact) mass is 400 g/mol. The Hall–Kier alpha value is -3.33. The number of amides is 1. The van der Waals surface area contributed by atoms with E-state index in [1.54, 1.807) is 36.4 Å². The molecule has 0 saturated carbocycles. The normalized spacial score (nSPS) is 10.5. The minimum Gasteiger partial charge on any atom is -0.494 e. The topological polar surface area (TPSA) is 108 Å². The van der Waals surface area contributed by atoms with Crippen LogP contribution in [0.25, 0.3) is 11.0 Å². The number of nitrogens with one attached hydrogen (secondary N) is 4. The molecule has 28 heavy (non-hydrogen) atoms. The van der Waals surface area contributed by atoms with Crippen LogP contribution in [0.4, 0.5) is 5.69 Å². The van der Waals surface area contributed by atoms with Gasteiger partial charge in [-0.05, 0) is 56.4 Å². The van der Waals surface area contributed by atoms with Crippen LogP contribution in [0.5, 0.6) is 11.5 Å². The highest BCUT2D eigenvalue weighted by Gasteiger charge is 2.12. The first-order valence-electron chi connectivity index (χ1n) is 8.73. The van der Waals surface area contributed by atoms with Crippen LogP contribution in [0.15, 0.2) is 41.2 Å². The maximum atomic E-state index is 12.6. The summed E-state index contributed by atoms with van der Waals surface area (Å²) in [4.78, 5) is 29.2. The molecule has 8 nitrogen and oxygen atoms in total. The van der Waals surface area contributed by atoms with Crippen molar-refractivity contribution >= 4 is 40.0 Å². The molecule has 1 amide bonds. The SMILES string of the molecule is CCOc1cc(OCC)cc(C(=O)NC(=S)Nc2ccc3[nH]c(=O)[nH]c3c2)c1. The van der Waals surface area contributed by atoms with Gasteiger partial charge in [-0.2, -0.15) is 0 Å². The number of benzene rings is 2. The second kappa shape index (κ2) is 8.57. The summed E-state index contributed by atoms with van der Waals surface area (Å²) in [6.45, 7) is 4.67. The van der Waals surface area contributed by atoms with Gasteiger partial charge < -0.3 is 24.8 Å². The number of hydrogen-bond donors (Lipinski definition) is 4. The zero-order valence-electron chi connectivity index (χ0n) is 15.4. The van der Waals surface area contributed by atoms with Crippen molar-refractivity contribution in [3.63, 3.8) is 0 Å². The molecule has 1 heterocycles. The van der Waals surface area contributed by atoms with E-state index in [1.165, 1.54) is 0 Å². The van der Waals surface area contributed by atoms with Gasteiger partial charge in [0.05, 0.1) is 24.2 Å². The average Bonchev–Trinajstić information content (AvgIpc) is 3.01. The van der Waals surface area contributed by atoms with Crippen LogP contribution in [-0.2, 0) is 0 Å². The molecule has 3 aromatic rings. The van der Waals surface area contributed by atoms with Crippen LogP contribution in [-0.4, -0.2) is 34.2 Å². The van der Waals surface area contributed by atoms with E-state index in [1.807, 2.05) is 13.8 Å². The third kappa shape index (κ3) is 4.68. The number of carbonyl (C=O) groups is 1. The smallest absolute Gasteiger partial charge is 0.323 e. The number of carbonyl (C=O) groups excluding carboxylic acids is 1. The molecule has 2 aromatic carbocycles. The quantitative estimate of drug-likeness (QED) is 0.474. The number of aromatic amines is 2. The summed E-state index contributed by atoms with van der Waals surface area (Å²) < 4.78 is 11.0. The zero-order valence-corrected chi connectivity index (χ0v) is 16.2. The number of H-pyrrole nitrogens is 2. The van der Waals surface area contributed by atoms with Gasteiger partial charge in [0.15, 0.2) is 5.11 Å². The molecule has 0 radical (unpaired) electrons. The Balaban J connectivity index is 1.72. The maximum absolute atomic E-state index is 12.6. The highest BCUT2D eigenvalue weighted by Crippen LogP contribution is 2.23. The molecule has 0 aliphatic rings. The minimum absolute atomic E-state index is 0.127. The van der Waals surface area contributed by atoms with E-state index in [-0.39, 0.29) is 10.8 Å². The molecule has 146 valence electrons. The van der Waals surface area contributed by atoms with Gasteiger partial charge in [-0.3, -0.25) is 10.1 Å². The van der Waals surface area contributed by atoms with E-state index < -0.39 is 5.91 Å². The van der Waals surface area contributed by atoms with E-state index in [0.717, 1.165) is 0 Å². The second-order valence-electron chi connectivity index (χ2n) is 5.81. The molecule has 0 spiro atoms. The van der Waals surface area contributed by atoms with Gasteiger partial charge in [0.2, 0.25) is 0 Å². The molecule has 0 fully saturated rings. The lowest BCUT2D eigenvalue weighted by molar-refractivity contribution is 0.0977. The summed E-state index contributed by atoms with van der Waals surface area (Å²) in [6.07, 6.45) is 0. The molecule has 0 saturated heterocycles. The first kappa shape index (κ1) is 19.4. The highest BCUT2D eigenvalue weighted by atomic mass is 32.1. The average molecular weight is 400 g/mol. The zero-order chi connectivity index (χ0) is 20.1. The summed E-state index contributed by atoms with van der Waals surface area (Å²) in [5.74, 6) is 0.690. The number of hydrogen-bond acceptors (Lipinski definition) is 5. The first-order valence-corrected chi connectivity index (χ1v) is 9.14. The lowest BCUT2D eigenvalue weighted by atomic mass is 10.2. The van der Waals surface area contributed by atoms with Crippen molar-refractivity contribution in [1.82, 2.24) is 15.3 Å². The summed E-state index contributed by atoms with van der Waals surface area (Å²) in [5, 5.41) is 5.68. The van der Waals surface area contributed by atoms with Crippen LogP contribution < -0.4 is 25.8 Å². The Bertz CT molecular complexity index is 1050. The third-order valence-electron chi connectivity index (χ3n) is 3.77. The standard InChI is InChI=1S/C19H20N4O4S/c1-3-26-13-7-11(8-14(10-13)27-4-2)17(24)23-19(28)20-12-5-6-15-16(9-12)22-18(25)21-15/h5-10H,3-4H2,1-2H3,(H2,21,22,25)(H2,20,23,24,28). The van der Waals surface area contributed by atoms with Crippen molar-refractivity contribution in [2.75, 3.05) is 18.5 Å².